The van der Waals surface area contributed by atoms with Crippen molar-refractivity contribution in [3.8, 4) is 0 Å². The van der Waals surface area contributed by atoms with Crippen LogP contribution in [0.25, 0.3) is 0 Å². The maximum Gasteiger partial charge on any atom is 0.134 e. The van der Waals surface area contributed by atoms with Gasteiger partial charge in [-0.3, -0.25) is 0 Å². The lowest BCUT2D eigenvalue weighted by Gasteiger charge is -2.34. The summed E-state index contributed by atoms with van der Waals surface area (Å²) in [6.07, 6.45) is 3.05. The molecule has 0 radical (unpaired) electrons. The van der Waals surface area contributed by atoms with Crippen molar-refractivity contribution < 1.29 is 4.74 Å². The van der Waals surface area contributed by atoms with Gasteiger partial charge in [0.25, 0.3) is 0 Å². The van der Waals surface area contributed by atoms with Gasteiger partial charge in [0.15, 0.2) is 0 Å². The summed E-state index contributed by atoms with van der Waals surface area (Å²) in [7, 11) is 3.99. The standard InChI is InChI=1S/C14H24N4O/c1-11(2)7-12-9-18(5-6-19-12)14-8-13(17(3)4)15-10-16-14/h8,10-12H,5-7,9H2,1-4H3. The molecule has 0 aromatic carbocycles. The summed E-state index contributed by atoms with van der Waals surface area (Å²) >= 11 is 0. The molecule has 106 valence electrons. The molecule has 0 spiro atoms. The maximum absolute atomic E-state index is 5.82. The number of morpholine rings is 1. The molecule has 0 N–H and O–H groups in total. The molecule has 1 atom stereocenters. The molecule has 2 heterocycles. The van der Waals surface area contributed by atoms with Crippen molar-refractivity contribution in [3.63, 3.8) is 0 Å². The minimum atomic E-state index is 0.312. The highest BCUT2D eigenvalue weighted by Crippen LogP contribution is 2.20. The zero-order chi connectivity index (χ0) is 13.8. The number of anilines is 2. The van der Waals surface area contributed by atoms with Crippen LogP contribution in [-0.4, -0.2) is 49.9 Å². The van der Waals surface area contributed by atoms with Gasteiger partial charge in [0.05, 0.1) is 12.7 Å². The summed E-state index contributed by atoms with van der Waals surface area (Å²) in [5.41, 5.74) is 0. The summed E-state index contributed by atoms with van der Waals surface area (Å²) in [6.45, 7) is 7.06. The van der Waals surface area contributed by atoms with E-state index in [0.29, 0.717) is 12.0 Å². The molecule has 1 aromatic heterocycles. The van der Waals surface area contributed by atoms with E-state index in [9.17, 15) is 0 Å². The van der Waals surface area contributed by atoms with Crippen LogP contribution in [0.3, 0.4) is 0 Å². The topological polar surface area (TPSA) is 41.5 Å². The Morgan fingerprint density at radius 3 is 2.89 bits per heavy atom. The molecule has 1 fully saturated rings. The normalized spacial score (nSPS) is 19.8. The highest BCUT2D eigenvalue weighted by atomic mass is 16.5. The number of hydrogen-bond acceptors (Lipinski definition) is 5. The number of ether oxygens (including phenoxy) is 1. The quantitative estimate of drug-likeness (QED) is 0.829. The molecular weight excluding hydrogens is 240 g/mol. The highest BCUT2D eigenvalue weighted by Gasteiger charge is 2.22. The van der Waals surface area contributed by atoms with Crippen LogP contribution in [0.5, 0.6) is 0 Å². The van der Waals surface area contributed by atoms with Gasteiger partial charge in [-0.25, -0.2) is 9.97 Å². The summed E-state index contributed by atoms with van der Waals surface area (Å²) in [6, 6.07) is 2.04. The first-order valence-corrected chi connectivity index (χ1v) is 6.92. The Labute approximate surface area is 115 Å². The second-order valence-electron chi connectivity index (χ2n) is 5.70. The molecule has 1 aliphatic heterocycles. The van der Waals surface area contributed by atoms with Crippen molar-refractivity contribution in [2.75, 3.05) is 43.6 Å². The minimum absolute atomic E-state index is 0.312. The Morgan fingerprint density at radius 1 is 1.42 bits per heavy atom. The van der Waals surface area contributed by atoms with Gasteiger partial charge in [0, 0.05) is 33.3 Å². The van der Waals surface area contributed by atoms with Crippen molar-refractivity contribution in [1.29, 1.82) is 0 Å². The molecule has 1 saturated heterocycles. The van der Waals surface area contributed by atoms with Crippen LogP contribution in [0.15, 0.2) is 12.4 Å². The van der Waals surface area contributed by atoms with E-state index >= 15 is 0 Å². The molecule has 1 aliphatic rings. The van der Waals surface area contributed by atoms with E-state index in [4.69, 9.17) is 4.74 Å². The van der Waals surface area contributed by atoms with Gasteiger partial charge in [-0.05, 0) is 12.3 Å². The van der Waals surface area contributed by atoms with Crippen LogP contribution in [0.4, 0.5) is 11.6 Å². The van der Waals surface area contributed by atoms with Gasteiger partial charge in [0.1, 0.15) is 18.0 Å². The predicted molar refractivity (Wildman–Crippen MR) is 77.8 cm³/mol. The van der Waals surface area contributed by atoms with Crippen molar-refractivity contribution in [3.05, 3.63) is 12.4 Å². The van der Waals surface area contributed by atoms with Crippen molar-refractivity contribution in [1.82, 2.24) is 9.97 Å². The lowest BCUT2D eigenvalue weighted by molar-refractivity contribution is 0.0273. The number of hydrogen-bond donors (Lipinski definition) is 0. The van der Waals surface area contributed by atoms with E-state index in [2.05, 4.69) is 28.7 Å². The van der Waals surface area contributed by atoms with Gasteiger partial charge in [-0.15, -0.1) is 0 Å². The van der Waals surface area contributed by atoms with Crippen LogP contribution in [0.2, 0.25) is 0 Å². The Morgan fingerprint density at radius 2 is 2.21 bits per heavy atom. The van der Waals surface area contributed by atoms with E-state index < -0.39 is 0 Å². The molecule has 5 heteroatoms. The first kappa shape index (κ1) is 14.1. The molecule has 2 rings (SSSR count). The molecule has 1 aromatic rings. The first-order valence-electron chi connectivity index (χ1n) is 6.92. The molecule has 1 unspecified atom stereocenters. The van der Waals surface area contributed by atoms with Crippen LogP contribution < -0.4 is 9.80 Å². The Kier molecular flexibility index (Phi) is 4.58. The summed E-state index contributed by atoms with van der Waals surface area (Å²) in [4.78, 5) is 12.9. The van der Waals surface area contributed by atoms with Crippen molar-refractivity contribution in [2.24, 2.45) is 5.92 Å². The fourth-order valence-corrected chi connectivity index (χ4v) is 2.35. The molecule has 0 bridgehead atoms. The smallest absolute Gasteiger partial charge is 0.134 e. The van der Waals surface area contributed by atoms with Gasteiger partial charge in [0.2, 0.25) is 0 Å². The molecule has 0 saturated carbocycles. The molecular formula is C14H24N4O. The molecule has 5 nitrogen and oxygen atoms in total. The third-order valence-electron chi connectivity index (χ3n) is 3.29. The van der Waals surface area contributed by atoms with E-state index in [-0.39, 0.29) is 0 Å². The average molecular weight is 264 g/mol. The van der Waals surface area contributed by atoms with Crippen LogP contribution in [0, 0.1) is 5.92 Å². The van der Waals surface area contributed by atoms with E-state index in [1.807, 2.05) is 25.1 Å². The monoisotopic (exact) mass is 264 g/mol. The fraction of sp³-hybridized carbons (Fsp3) is 0.714. The fourth-order valence-electron chi connectivity index (χ4n) is 2.35. The lowest BCUT2D eigenvalue weighted by atomic mass is 10.0. The molecule has 0 amide bonds. The SMILES string of the molecule is CC(C)CC1CN(c2cc(N(C)C)ncn2)CCO1. The zero-order valence-electron chi connectivity index (χ0n) is 12.3. The minimum Gasteiger partial charge on any atom is -0.375 e. The third-order valence-corrected chi connectivity index (χ3v) is 3.29. The van der Waals surface area contributed by atoms with Crippen LogP contribution >= 0.6 is 0 Å². The lowest BCUT2D eigenvalue weighted by Crippen LogP contribution is -2.43. The molecule has 19 heavy (non-hydrogen) atoms. The van der Waals surface area contributed by atoms with Crippen LogP contribution in [-0.2, 0) is 4.74 Å². The second-order valence-corrected chi connectivity index (χ2v) is 5.70. The maximum atomic E-state index is 5.82. The van der Waals surface area contributed by atoms with Gasteiger partial charge < -0.3 is 14.5 Å². The van der Waals surface area contributed by atoms with Crippen molar-refractivity contribution in [2.45, 2.75) is 26.4 Å². The largest absolute Gasteiger partial charge is 0.375 e. The van der Waals surface area contributed by atoms with Crippen LogP contribution in [0.1, 0.15) is 20.3 Å². The third kappa shape index (κ3) is 3.80. The molecule has 0 aliphatic carbocycles. The Balaban J connectivity index is 2.06. The number of rotatable bonds is 4. The van der Waals surface area contributed by atoms with E-state index in [0.717, 1.165) is 37.8 Å². The average Bonchev–Trinajstić information content (AvgIpc) is 2.38. The first-order chi connectivity index (χ1) is 9.06. The zero-order valence-corrected chi connectivity index (χ0v) is 12.3. The van der Waals surface area contributed by atoms with Gasteiger partial charge in [-0.2, -0.15) is 0 Å². The van der Waals surface area contributed by atoms with Gasteiger partial charge in [-0.1, -0.05) is 13.8 Å². The summed E-state index contributed by atoms with van der Waals surface area (Å²) in [5, 5.41) is 0. The number of aromatic nitrogens is 2. The second kappa shape index (κ2) is 6.19. The van der Waals surface area contributed by atoms with Gasteiger partial charge >= 0.3 is 0 Å². The summed E-state index contributed by atoms with van der Waals surface area (Å²) in [5.74, 6) is 2.60. The summed E-state index contributed by atoms with van der Waals surface area (Å²) < 4.78 is 5.82. The predicted octanol–water partition coefficient (Wildman–Crippen LogP) is 1.79. The number of nitrogens with zero attached hydrogens (tertiary/aromatic N) is 4. The Bertz CT molecular complexity index is 408. The van der Waals surface area contributed by atoms with E-state index in [1.54, 1.807) is 6.33 Å². The Hall–Kier alpha value is -1.36. The van der Waals surface area contributed by atoms with E-state index in [1.165, 1.54) is 0 Å². The van der Waals surface area contributed by atoms with Crippen molar-refractivity contribution >= 4 is 11.6 Å². The highest BCUT2D eigenvalue weighted by molar-refractivity contribution is 5.49.